The third kappa shape index (κ3) is 2.39. The lowest BCUT2D eigenvalue weighted by molar-refractivity contribution is -0.396. The van der Waals surface area contributed by atoms with Crippen molar-refractivity contribution in [3.05, 3.63) is 36.9 Å². The van der Waals surface area contributed by atoms with E-state index < -0.39 is 36.1 Å². The van der Waals surface area contributed by atoms with E-state index in [0.717, 1.165) is 0 Å². The first-order chi connectivity index (χ1) is 8.50. The minimum absolute atomic E-state index is 0.197. The summed E-state index contributed by atoms with van der Waals surface area (Å²) in [6.45, 7) is 3.59. The van der Waals surface area contributed by atoms with Crippen molar-refractivity contribution in [1.82, 2.24) is 0 Å². The highest BCUT2D eigenvalue weighted by Gasteiger charge is 2.34. The number of hydrogen-bond donors (Lipinski definition) is 1. The molecule has 0 bridgehead atoms. The van der Waals surface area contributed by atoms with Crippen molar-refractivity contribution < 1.29 is 18.3 Å². The predicted molar refractivity (Wildman–Crippen MR) is 65.3 cm³/mol. The molecule has 104 valence electrons. The Morgan fingerprint density at radius 2 is 1.21 bits per heavy atom. The molecule has 1 aromatic carbocycles. The predicted octanol–water partition coefficient (Wildman–Crippen LogP) is 1.08. The lowest BCUT2D eigenvalue weighted by Crippen LogP contribution is -2.18. The highest BCUT2D eigenvalue weighted by molar-refractivity contribution is 7.89. The second kappa shape index (κ2) is 4.55. The summed E-state index contributed by atoms with van der Waals surface area (Å²) in [5.74, 6) is 0. The second-order valence-electron chi connectivity index (χ2n) is 3.96. The summed E-state index contributed by atoms with van der Waals surface area (Å²) in [5.41, 5.74) is -1.82. The number of sulfonamides is 1. The molecule has 0 heterocycles. The smallest absolute Gasteiger partial charge is 0.258 e. The fourth-order valence-corrected chi connectivity index (χ4v) is 3.19. The van der Waals surface area contributed by atoms with Crippen LogP contribution in [0.2, 0.25) is 0 Å². The van der Waals surface area contributed by atoms with Crippen molar-refractivity contribution in [2.45, 2.75) is 25.7 Å². The van der Waals surface area contributed by atoms with Crippen LogP contribution < -0.4 is 5.14 Å². The molecule has 2 N–H and O–H groups in total. The van der Waals surface area contributed by atoms with Crippen LogP contribution in [0.25, 0.3) is 0 Å². The normalized spacial score (nSPS) is 11.4. The van der Waals surface area contributed by atoms with E-state index >= 15 is 0 Å². The zero-order chi connectivity index (χ0) is 15.1. The highest BCUT2D eigenvalue weighted by atomic mass is 32.2. The summed E-state index contributed by atoms with van der Waals surface area (Å²) in [6.07, 6.45) is 0. The van der Waals surface area contributed by atoms with Gasteiger partial charge in [0.2, 0.25) is 10.0 Å². The molecular formula is C9H11N3O6S. The van der Waals surface area contributed by atoms with Crippen molar-refractivity contribution in [2.75, 3.05) is 0 Å². The summed E-state index contributed by atoms with van der Waals surface area (Å²) in [6, 6.07) is 0. The molecule has 9 nitrogen and oxygen atoms in total. The average molecular weight is 289 g/mol. The first kappa shape index (κ1) is 15.0. The van der Waals surface area contributed by atoms with Crippen LogP contribution in [0, 0.1) is 41.0 Å². The molecule has 0 aromatic heterocycles. The lowest BCUT2D eigenvalue weighted by Gasteiger charge is -2.11. The zero-order valence-corrected chi connectivity index (χ0v) is 11.1. The zero-order valence-electron chi connectivity index (χ0n) is 10.3. The summed E-state index contributed by atoms with van der Waals surface area (Å²) < 4.78 is 22.9. The van der Waals surface area contributed by atoms with Gasteiger partial charge in [0.25, 0.3) is 11.4 Å². The van der Waals surface area contributed by atoms with Crippen molar-refractivity contribution in [1.29, 1.82) is 0 Å². The molecule has 0 saturated heterocycles. The van der Waals surface area contributed by atoms with Crippen molar-refractivity contribution in [3.63, 3.8) is 0 Å². The number of primary sulfonamides is 1. The molecule has 0 aliphatic heterocycles. The van der Waals surface area contributed by atoms with E-state index in [0.29, 0.717) is 0 Å². The summed E-state index contributed by atoms with van der Waals surface area (Å²) in [7, 11) is -4.30. The fraction of sp³-hybridized carbons (Fsp3) is 0.333. The Kier molecular flexibility index (Phi) is 3.59. The van der Waals surface area contributed by atoms with Crippen LogP contribution in [0.1, 0.15) is 16.7 Å². The molecule has 0 spiro atoms. The molecule has 0 fully saturated rings. The summed E-state index contributed by atoms with van der Waals surface area (Å²) in [4.78, 5) is 19.6. The minimum Gasteiger partial charge on any atom is -0.258 e. The molecule has 10 heteroatoms. The van der Waals surface area contributed by atoms with Crippen LogP contribution in [-0.2, 0) is 10.0 Å². The number of nitrogens with zero attached hydrogens (tertiary/aromatic N) is 2. The van der Waals surface area contributed by atoms with Crippen molar-refractivity contribution in [2.24, 2.45) is 5.14 Å². The molecule has 1 rings (SSSR count). The van der Waals surface area contributed by atoms with Crippen LogP contribution >= 0.6 is 0 Å². The van der Waals surface area contributed by atoms with E-state index in [1.165, 1.54) is 20.8 Å². The molecule has 0 radical (unpaired) electrons. The van der Waals surface area contributed by atoms with Crippen molar-refractivity contribution >= 4 is 21.4 Å². The third-order valence-electron chi connectivity index (χ3n) is 2.75. The van der Waals surface area contributed by atoms with Gasteiger partial charge in [-0.25, -0.2) is 13.6 Å². The monoisotopic (exact) mass is 289 g/mol. The number of nitro benzene ring substituents is 2. The minimum atomic E-state index is -4.30. The van der Waals surface area contributed by atoms with E-state index in [1.807, 2.05) is 0 Å². The average Bonchev–Trinajstić information content (AvgIpc) is 2.12. The molecule has 0 unspecified atom stereocenters. The van der Waals surface area contributed by atoms with E-state index in [4.69, 9.17) is 5.14 Å². The molecule has 0 atom stereocenters. The fourth-order valence-electron chi connectivity index (χ4n) is 2.15. The first-order valence-electron chi connectivity index (χ1n) is 4.95. The Balaban J connectivity index is 4.08. The highest BCUT2D eigenvalue weighted by Crippen LogP contribution is 2.38. The molecule has 1 aromatic rings. The maximum absolute atomic E-state index is 11.5. The quantitative estimate of drug-likeness (QED) is 0.650. The van der Waals surface area contributed by atoms with Gasteiger partial charge in [-0.05, 0) is 20.8 Å². The Morgan fingerprint density at radius 3 is 1.42 bits per heavy atom. The Hall–Kier alpha value is -2.07. The van der Waals surface area contributed by atoms with Gasteiger partial charge in [0.15, 0.2) is 0 Å². The van der Waals surface area contributed by atoms with Gasteiger partial charge < -0.3 is 0 Å². The Morgan fingerprint density at radius 1 is 0.895 bits per heavy atom. The Labute approximate surface area is 108 Å². The maximum atomic E-state index is 11.5. The van der Waals surface area contributed by atoms with Gasteiger partial charge in [0.05, 0.1) is 9.85 Å². The van der Waals surface area contributed by atoms with E-state index in [1.54, 1.807) is 0 Å². The van der Waals surface area contributed by atoms with E-state index in [-0.39, 0.29) is 16.7 Å². The number of nitro groups is 2. The summed E-state index contributed by atoms with van der Waals surface area (Å²) in [5, 5.41) is 26.9. The number of nitrogens with two attached hydrogens (primary N) is 1. The van der Waals surface area contributed by atoms with Crippen molar-refractivity contribution in [3.8, 4) is 0 Å². The van der Waals surface area contributed by atoms with Gasteiger partial charge in [-0.1, -0.05) is 0 Å². The van der Waals surface area contributed by atoms with Crippen LogP contribution in [-0.4, -0.2) is 18.3 Å². The standard InChI is InChI=1S/C9H11N3O6S/c1-4-7(11(13)14)5(2)9(19(10,17)18)6(3)8(4)12(15)16/h1-3H3,(H2,10,17,18). The van der Waals surface area contributed by atoms with Gasteiger partial charge in [-0.15, -0.1) is 0 Å². The molecule has 0 amide bonds. The van der Waals surface area contributed by atoms with Crippen LogP contribution in [0.15, 0.2) is 4.90 Å². The molecule has 0 saturated carbocycles. The third-order valence-corrected chi connectivity index (χ3v) is 3.93. The SMILES string of the molecule is Cc1c([N+](=O)[O-])c(C)c(S(N)(=O)=O)c(C)c1[N+](=O)[O-]. The van der Waals surface area contributed by atoms with Gasteiger partial charge in [-0.2, -0.15) is 0 Å². The molecule has 0 aliphatic rings. The van der Waals surface area contributed by atoms with Gasteiger partial charge in [-0.3, -0.25) is 20.2 Å². The molecule has 0 aliphatic carbocycles. The van der Waals surface area contributed by atoms with E-state index in [9.17, 15) is 28.6 Å². The number of rotatable bonds is 3. The van der Waals surface area contributed by atoms with Gasteiger partial charge >= 0.3 is 0 Å². The van der Waals surface area contributed by atoms with Crippen LogP contribution in [0.4, 0.5) is 11.4 Å². The Bertz CT molecular complexity index is 653. The van der Waals surface area contributed by atoms with Crippen LogP contribution in [0.5, 0.6) is 0 Å². The largest absolute Gasteiger partial charge is 0.283 e. The maximum Gasteiger partial charge on any atom is 0.283 e. The molecular weight excluding hydrogens is 278 g/mol. The van der Waals surface area contributed by atoms with Gasteiger partial charge in [0.1, 0.15) is 10.5 Å². The topological polar surface area (TPSA) is 146 Å². The van der Waals surface area contributed by atoms with Crippen LogP contribution in [0.3, 0.4) is 0 Å². The number of benzene rings is 1. The summed E-state index contributed by atoms with van der Waals surface area (Å²) >= 11 is 0. The van der Waals surface area contributed by atoms with E-state index in [2.05, 4.69) is 0 Å². The number of hydrogen-bond acceptors (Lipinski definition) is 6. The molecule has 19 heavy (non-hydrogen) atoms. The second-order valence-corrected chi connectivity index (χ2v) is 5.46. The first-order valence-corrected chi connectivity index (χ1v) is 6.50. The van der Waals surface area contributed by atoms with Gasteiger partial charge in [0, 0.05) is 11.1 Å². The lowest BCUT2D eigenvalue weighted by atomic mass is 10.0.